The Labute approximate surface area is 112 Å². The Hall–Kier alpha value is -2.39. The van der Waals surface area contributed by atoms with Gasteiger partial charge in [-0.3, -0.25) is 4.98 Å². The molecule has 0 spiro atoms. The van der Waals surface area contributed by atoms with E-state index in [4.69, 9.17) is 0 Å². The summed E-state index contributed by atoms with van der Waals surface area (Å²) < 4.78 is 75.9. The lowest BCUT2D eigenvalue weighted by Gasteiger charge is -2.13. The zero-order valence-electron chi connectivity index (χ0n) is 9.86. The molecule has 114 valence electrons. The molecule has 1 aromatic heterocycles. The maximum absolute atomic E-state index is 12.6. The molecule has 0 radical (unpaired) electrons. The summed E-state index contributed by atoms with van der Waals surface area (Å²) in [4.78, 5) is 14.7. The molecule has 21 heavy (non-hydrogen) atoms. The van der Waals surface area contributed by atoms with Gasteiger partial charge >= 0.3 is 18.0 Å². The van der Waals surface area contributed by atoms with Crippen LogP contribution in [0.1, 0.15) is 11.1 Å². The molecule has 1 heterocycles. The van der Waals surface area contributed by atoms with Gasteiger partial charge in [-0.05, 0) is 18.2 Å². The van der Waals surface area contributed by atoms with Crippen molar-refractivity contribution < 1.29 is 31.4 Å². The van der Waals surface area contributed by atoms with Crippen LogP contribution in [0.25, 0.3) is 11.3 Å². The highest BCUT2D eigenvalue weighted by Crippen LogP contribution is 2.39. The van der Waals surface area contributed by atoms with Gasteiger partial charge in [-0.15, -0.1) is 0 Å². The first-order valence-corrected chi connectivity index (χ1v) is 5.29. The maximum Gasteiger partial charge on any atom is 0.416 e. The van der Waals surface area contributed by atoms with E-state index in [1.165, 1.54) is 0 Å². The predicted octanol–water partition coefficient (Wildman–Crippen LogP) is 3.11. The highest BCUT2D eigenvalue weighted by Gasteiger charge is 2.37. The van der Waals surface area contributed by atoms with Gasteiger partial charge in [-0.2, -0.15) is 26.3 Å². The number of H-pyrrole nitrogens is 2. The molecule has 3 N–H and O–H groups in total. The number of aromatic hydroxyl groups is 1. The number of aromatic nitrogens is 2. The van der Waals surface area contributed by atoms with Gasteiger partial charge in [-0.25, -0.2) is 4.79 Å². The average Bonchev–Trinajstić information content (AvgIpc) is 2.65. The normalized spacial score (nSPS) is 12.7. The lowest BCUT2D eigenvalue weighted by Crippen LogP contribution is -2.11. The van der Waals surface area contributed by atoms with Crippen molar-refractivity contribution in [2.24, 2.45) is 0 Å². The predicted molar refractivity (Wildman–Crippen MR) is 58.5 cm³/mol. The minimum Gasteiger partial charge on any atom is -0.493 e. The van der Waals surface area contributed by atoms with E-state index < -0.39 is 46.3 Å². The molecule has 0 aliphatic heterocycles. The number of hydrogen-bond donors (Lipinski definition) is 3. The third kappa shape index (κ3) is 3.03. The topological polar surface area (TPSA) is 68.9 Å². The molecule has 0 aliphatic carbocycles. The molecular weight excluding hydrogens is 306 g/mol. The average molecular weight is 312 g/mol. The molecule has 2 aromatic rings. The van der Waals surface area contributed by atoms with Gasteiger partial charge in [0.1, 0.15) is 5.69 Å². The third-order valence-corrected chi connectivity index (χ3v) is 2.58. The van der Waals surface area contributed by atoms with Crippen LogP contribution in [0, 0.1) is 0 Å². The number of rotatable bonds is 1. The summed E-state index contributed by atoms with van der Waals surface area (Å²) >= 11 is 0. The Bertz CT molecular complexity index is 693. The molecule has 0 unspecified atom stereocenters. The highest BCUT2D eigenvalue weighted by atomic mass is 19.4. The van der Waals surface area contributed by atoms with Gasteiger partial charge < -0.3 is 10.1 Å². The van der Waals surface area contributed by atoms with Gasteiger partial charge in [0.2, 0.25) is 5.88 Å². The smallest absolute Gasteiger partial charge is 0.416 e. The van der Waals surface area contributed by atoms with Crippen molar-refractivity contribution in [2.45, 2.75) is 12.4 Å². The van der Waals surface area contributed by atoms with E-state index in [0.29, 0.717) is 12.1 Å². The van der Waals surface area contributed by atoms with Crippen molar-refractivity contribution in [1.82, 2.24) is 9.97 Å². The quantitative estimate of drug-likeness (QED) is 0.708. The van der Waals surface area contributed by atoms with E-state index in [9.17, 15) is 36.2 Å². The Morgan fingerprint density at radius 3 is 1.67 bits per heavy atom. The zero-order chi connectivity index (χ0) is 16.0. The van der Waals surface area contributed by atoms with Crippen LogP contribution in [0.2, 0.25) is 0 Å². The summed E-state index contributed by atoms with van der Waals surface area (Å²) in [5.41, 5.74) is -5.24. The van der Waals surface area contributed by atoms with Crippen molar-refractivity contribution in [3.8, 4) is 17.1 Å². The molecule has 1 aromatic carbocycles. The van der Waals surface area contributed by atoms with Crippen LogP contribution >= 0.6 is 0 Å². The molecular formula is C11H6F6N2O2. The molecule has 0 saturated carbocycles. The van der Waals surface area contributed by atoms with Crippen molar-refractivity contribution in [3.05, 3.63) is 39.8 Å². The molecule has 2 rings (SSSR count). The first-order chi connectivity index (χ1) is 9.48. The highest BCUT2D eigenvalue weighted by molar-refractivity contribution is 5.66. The fourth-order valence-electron chi connectivity index (χ4n) is 1.68. The van der Waals surface area contributed by atoms with E-state index in [1.54, 1.807) is 4.98 Å². The Morgan fingerprint density at radius 1 is 0.857 bits per heavy atom. The van der Waals surface area contributed by atoms with Crippen LogP contribution in [0.3, 0.4) is 0 Å². The van der Waals surface area contributed by atoms with Crippen molar-refractivity contribution in [1.29, 1.82) is 0 Å². The van der Waals surface area contributed by atoms with E-state index >= 15 is 0 Å². The number of halogens is 6. The summed E-state index contributed by atoms with van der Waals surface area (Å²) in [6.07, 6.45) is -10.0. The van der Waals surface area contributed by atoms with E-state index in [-0.39, 0.29) is 6.07 Å². The molecule has 0 aliphatic rings. The maximum atomic E-state index is 12.6. The third-order valence-electron chi connectivity index (χ3n) is 2.58. The van der Waals surface area contributed by atoms with E-state index in [1.807, 2.05) is 4.98 Å². The van der Waals surface area contributed by atoms with Gasteiger partial charge in [0.05, 0.1) is 11.1 Å². The van der Waals surface area contributed by atoms with Gasteiger partial charge in [-0.1, -0.05) is 0 Å². The Kier molecular flexibility index (Phi) is 3.27. The van der Waals surface area contributed by atoms with Gasteiger partial charge in [0, 0.05) is 5.56 Å². The summed E-state index contributed by atoms with van der Waals surface area (Å²) in [5.74, 6) is -0.854. The van der Waals surface area contributed by atoms with Crippen LogP contribution < -0.4 is 5.69 Å². The number of alkyl halides is 6. The number of hydrogen-bond acceptors (Lipinski definition) is 2. The number of imidazole rings is 1. The minimum atomic E-state index is -5.01. The number of benzene rings is 1. The van der Waals surface area contributed by atoms with Gasteiger partial charge in [0.15, 0.2) is 0 Å². The molecule has 0 saturated heterocycles. The molecule has 0 bridgehead atoms. The lowest BCUT2D eigenvalue weighted by atomic mass is 10.0. The fourth-order valence-corrected chi connectivity index (χ4v) is 1.68. The first-order valence-electron chi connectivity index (χ1n) is 5.29. The standard InChI is InChI=1S/C11H6F6N2O2/c12-10(13,14)5-1-4(2-6(3-5)11(15,16)17)7-8(20)19-9(21)18-7/h1-3,20H,(H2,18,19,21). The fraction of sp³-hybridized carbons (Fsp3) is 0.182. The summed E-state index contributed by atoms with van der Waals surface area (Å²) in [5, 5.41) is 9.32. The second-order valence-electron chi connectivity index (χ2n) is 4.10. The largest absolute Gasteiger partial charge is 0.493 e. The van der Waals surface area contributed by atoms with Crippen molar-refractivity contribution in [2.75, 3.05) is 0 Å². The van der Waals surface area contributed by atoms with Crippen LogP contribution in [-0.2, 0) is 12.4 Å². The Morgan fingerprint density at radius 2 is 1.33 bits per heavy atom. The van der Waals surface area contributed by atoms with E-state index in [2.05, 4.69) is 0 Å². The molecule has 4 nitrogen and oxygen atoms in total. The zero-order valence-corrected chi connectivity index (χ0v) is 9.86. The lowest BCUT2D eigenvalue weighted by molar-refractivity contribution is -0.143. The SMILES string of the molecule is O=c1[nH]c(O)c(-c2cc(C(F)(F)F)cc(C(F)(F)F)c2)[nH]1. The van der Waals surface area contributed by atoms with Gasteiger partial charge in [0.25, 0.3) is 0 Å². The van der Waals surface area contributed by atoms with Crippen LogP contribution in [-0.4, -0.2) is 15.1 Å². The molecule has 0 atom stereocenters. The molecule has 0 amide bonds. The van der Waals surface area contributed by atoms with Crippen molar-refractivity contribution >= 4 is 0 Å². The first kappa shape index (κ1) is 15.0. The molecule has 0 fully saturated rings. The minimum absolute atomic E-state index is 0.0503. The summed E-state index contributed by atoms with van der Waals surface area (Å²) in [6, 6.07) is 0.744. The second-order valence-corrected chi connectivity index (χ2v) is 4.10. The Balaban J connectivity index is 2.72. The molecule has 10 heteroatoms. The van der Waals surface area contributed by atoms with Crippen LogP contribution in [0.4, 0.5) is 26.3 Å². The summed E-state index contributed by atoms with van der Waals surface area (Å²) in [6.45, 7) is 0. The monoisotopic (exact) mass is 312 g/mol. The number of aromatic amines is 2. The van der Waals surface area contributed by atoms with Crippen molar-refractivity contribution in [3.63, 3.8) is 0 Å². The second kappa shape index (κ2) is 4.57. The van der Waals surface area contributed by atoms with Crippen LogP contribution in [0.5, 0.6) is 5.88 Å². The van der Waals surface area contributed by atoms with Crippen LogP contribution in [0.15, 0.2) is 23.0 Å². The number of nitrogens with one attached hydrogen (secondary N) is 2. The summed E-state index contributed by atoms with van der Waals surface area (Å²) in [7, 11) is 0. The van der Waals surface area contributed by atoms with E-state index in [0.717, 1.165) is 0 Å².